The summed E-state index contributed by atoms with van der Waals surface area (Å²) in [7, 11) is 2.92. The molecule has 0 spiro atoms. The van der Waals surface area contributed by atoms with Crippen LogP contribution in [0.1, 0.15) is 29.2 Å². The first-order valence-electron chi connectivity index (χ1n) is 9.57. The van der Waals surface area contributed by atoms with Crippen LogP contribution >= 0.6 is 0 Å². The molecular formula is C23H23NO7. The molecule has 0 aromatic heterocycles. The van der Waals surface area contributed by atoms with Crippen molar-refractivity contribution in [1.29, 1.82) is 0 Å². The lowest BCUT2D eigenvalue weighted by molar-refractivity contribution is -0.142. The maximum Gasteiger partial charge on any atom is 0.305 e. The van der Waals surface area contributed by atoms with Crippen molar-refractivity contribution < 1.29 is 34.1 Å². The summed E-state index contributed by atoms with van der Waals surface area (Å²) >= 11 is 0. The molecule has 0 radical (unpaired) electrons. The quantitative estimate of drug-likeness (QED) is 0.398. The minimum Gasteiger partial charge on any atom is -0.507 e. The number of carbonyl (C=O) groups is 3. The van der Waals surface area contributed by atoms with Crippen LogP contribution in [0.2, 0.25) is 0 Å². The number of carboxylic acids is 1. The second-order valence-electron chi connectivity index (χ2n) is 7.11. The number of aliphatic hydroxyl groups is 1. The zero-order valence-electron chi connectivity index (χ0n) is 17.4. The zero-order chi connectivity index (χ0) is 22.7. The summed E-state index contributed by atoms with van der Waals surface area (Å²) in [5.74, 6) is -2.37. The molecule has 1 heterocycles. The van der Waals surface area contributed by atoms with Crippen LogP contribution in [-0.2, 0) is 14.4 Å². The predicted octanol–water partition coefficient (Wildman–Crippen LogP) is 2.91. The molecule has 1 fully saturated rings. The molecule has 8 heteroatoms. The van der Waals surface area contributed by atoms with Crippen molar-refractivity contribution in [2.75, 3.05) is 20.8 Å². The van der Waals surface area contributed by atoms with Crippen LogP contribution in [0, 0.1) is 6.92 Å². The van der Waals surface area contributed by atoms with Gasteiger partial charge >= 0.3 is 5.97 Å². The molecule has 8 nitrogen and oxygen atoms in total. The number of ketones is 1. The highest BCUT2D eigenvalue weighted by Gasteiger charge is 2.47. The molecule has 2 N–H and O–H groups in total. The SMILES string of the molecule is COc1ccc([C@H]2C(=C(O)c3ccc(C)cc3)C(=O)C(=O)N2CCC(=O)O)c(OC)c1. The van der Waals surface area contributed by atoms with Gasteiger partial charge in [-0.25, -0.2) is 0 Å². The number of aliphatic carboxylic acids is 1. The molecule has 0 unspecified atom stereocenters. The van der Waals surface area contributed by atoms with Crippen LogP contribution in [0.3, 0.4) is 0 Å². The van der Waals surface area contributed by atoms with E-state index >= 15 is 0 Å². The molecule has 1 atom stereocenters. The largest absolute Gasteiger partial charge is 0.507 e. The van der Waals surface area contributed by atoms with E-state index in [1.54, 1.807) is 42.5 Å². The fraction of sp³-hybridized carbons (Fsp3) is 0.261. The van der Waals surface area contributed by atoms with Gasteiger partial charge in [0, 0.05) is 23.7 Å². The molecule has 0 saturated carbocycles. The number of carboxylic acid groups (broad SMARTS) is 1. The Labute approximate surface area is 179 Å². The van der Waals surface area contributed by atoms with Crippen molar-refractivity contribution in [3.63, 3.8) is 0 Å². The van der Waals surface area contributed by atoms with E-state index in [0.717, 1.165) is 10.5 Å². The van der Waals surface area contributed by atoms with Gasteiger partial charge < -0.3 is 24.6 Å². The molecule has 2 aromatic rings. The van der Waals surface area contributed by atoms with E-state index in [0.29, 0.717) is 22.6 Å². The Morgan fingerprint density at radius 1 is 1.03 bits per heavy atom. The van der Waals surface area contributed by atoms with Crippen molar-refractivity contribution in [2.24, 2.45) is 0 Å². The van der Waals surface area contributed by atoms with Crippen LogP contribution in [0.5, 0.6) is 11.5 Å². The highest BCUT2D eigenvalue weighted by molar-refractivity contribution is 6.46. The van der Waals surface area contributed by atoms with Gasteiger partial charge in [0.1, 0.15) is 17.3 Å². The number of Topliss-reactive ketones (excluding diaryl/α,β-unsaturated/α-hetero) is 1. The Morgan fingerprint density at radius 3 is 2.29 bits per heavy atom. The van der Waals surface area contributed by atoms with Gasteiger partial charge in [0.25, 0.3) is 11.7 Å². The second-order valence-corrected chi connectivity index (χ2v) is 7.11. The molecule has 0 bridgehead atoms. The number of methoxy groups -OCH3 is 2. The average molecular weight is 425 g/mol. The highest BCUT2D eigenvalue weighted by atomic mass is 16.5. The number of aliphatic hydroxyl groups excluding tert-OH is 1. The number of nitrogens with zero attached hydrogens (tertiary/aromatic N) is 1. The molecule has 1 saturated heterocycles. The summed E-state index contributed by atoms with van der Waals surface area (Å²) in [6.45, 7) is 1.68. The Bertz CT molecular complexity index is 1060. The molecule has 0 aliphatic carbocycles. The van der Waals surface area contributed by atoms with Crippen LogP contribution in [0.4, 0.5) is 0 Å². The fourth-order valence-corrected chi connectivity index (χ4v) is 3.56. The van der Waals surface area contributed by atoms with Crippen LogP contribution in [-0.4, -0.2) is 53.5 Å². The van der Waals surface area contributed by atoms with Crippen LogP contribution in [0.15, 0.2) is 48.0 Å². The van der Waals surface area contributed by atoms with E-state index in [9.17, 15) is 19.5 Å². The topological polar surface area (TPSA) is 113 Å². The lowest BCUT2D eigenvalue weighted by Crippen LogP contribution is -2.32. The van der Waals surface area contributed by atoms with E-state index in [1.807, 2.05) is 6.92 Å². The number of carbonyl (C=O) groups excluding carboxylic acids is 2. The third kappa shape index (κ3) is 4.23. The number of benzene rings is 2. The van der Waals surface area contributed by atoms with Crippen molar-refractivity contribution in [3.05, 3.63) is 64.7 Å². The Kier molecular flexibility index (Phi) is 6.29. The minimum atomic E-state index is -1.11. The maximum atomic E-state index is 12.9. The zero-order valence-corrected chi connectivity index (χ0v) is 17.4. The van der Waals surface area contributed by atoms with Gasteiger partial charge in [-0.1, -0.05) is 29.8 Å². The maximum absolute atomic E-state index is 12.9. The molecule has 3 rings (SSSR count). The summed E-state index contributed by atoms with van der Waals surface area (Å²) < 4.78 is 10.7. The monoisotopic (exact) mass is 425 g/mol. The molecule has 2 aromatic carbocycles. The normalized spacial score (nSPS) is 17.6. The number of ether oxygens (including phenoxy) is 2. The Balaban J connectivity index is 2.21. The van der Waals surface area contributed by atoms with Gasteiger partial charge in [0.05, 0.1) is 32.3 Å². The van der Waals surface area contributed by atoms with Gasteiger partial charge in [-0.3, -0.25) is 14.4 Å². The third-order valence-electron chi connectivity index (χ3n) is 5.17. The molecule has 1 aliphatic heterocycles. The highest BCUT2D eigenvalue weighted by Crippen LogP contribution is 2.43. The summed E-state index contributed by atoms with van der Waals surface area (Å²) in [4.78, 5) is 38.0. The average Bonchev–Trinajstić information content (AvgIpc) is 3.01. The summed E-state index contributed by atoms with van der Waals surface area (Å²) in [5, 5.41) is 20.1. The van der Waals surface area contributed by atoms with E-state index in [-0.39, 0.29) is 24.3 Å². The number of hydrogen-bond acceptors (Lipinski definition) is 6. The third-order valence-corrected chi connectivity index (χ3v) is 5.17. The lowest BCUT2D eigenvalue weighted by atomic mass is 9.94. The van der Waals surface area contributed by atoms with Gasteiger partial charge in [-0.05, 0) is 19.1 Å². The van der Waals surface area contributed by atoms with Gasteiger partial charge in [0.2, 0.25) is 0 Å². The first-order chi connectivity index (χ1) is 14.8. The number of aryl methyl sites for hydroxylation is 1. The van der Waals surface area contributed by atoms with E-state index < -0.39 is 23.7 Å². The van der Waals surface area contributed by atoms with E-state index in [2.05, 4.69) is 0 Å². The smallest absolute Gasteiger partial charge is 0.305 e. The van der Waals surface area contributed by atoms with Crippen LogP contribution in [0.25, 0.3) is 5.76 Å². The molecule has 1 amide bonds. The molecule has 1 aliphatic rings. The Morgan fingerprint density at radius 2 is 1.71 bits per heavy atom. The van der Waals surface area contributed by atoms with Gasteiger partial charge in [-0.15, -0.1) is 0 Å². The molecule has 162 valence electrons. The van der Waals surface area contributed by atoms with Gasteiger partial charge in [-0.2, -0.15) is 0 Å². The van der Waals surface area contributed by atoms with Crippen LogP contribution < -0.4 is 9.47 Å². The van der Waals surface area contributed by atoms with Crippen molar-refractivity contribution in [3.8, 4) is 11.5 Å². The van der Waals surface area contributed by atoms with E-state index in [4.69, 9.17) is 14.6 Å². The standard InChI is InChI=1S/C23H23NO7/c1-13-4-6-14(7-5-13)21(27)19-20(16-9-8-15(30-2)12-17(16)31-3)24(11-10-18(25)26)23(29)22(19)28/h4-9,12,20,27H,10-11H2,1-3H3,(H,25,26)/t20-/m0/s1. The number of rotatable bonds is 7. The molecule has 31 heavy (non-hydrogen) atoms. The van der Waals surface area contributed by atoms with Gasteiger partial charge in [0.15, 0.2) is 0 Å². The van der Waals surface area contributed by atoms with Crippen molar-refractivity contribution >= 4 is 23.4 Å². The number of likely N-dealkylation sites (tertiary alicyclic amines) is 1. The second kappa shape index (κ2) is 8.91. The first-order valence-corrected chi connectivity index (χ1v) is 9.57. The minimum absolute atomic E-state index is 0.122. The Hall–Kier alpha value is -3.81. The first kappa shape index (κ1) is 21.9. The fourth-order valence-electron chi connectivity index (χ4n) is 3.56. The number of hydrogen-bond donors (Lipinski definition) is 2. The number of amides is 1. The summed E-state index contributed by atoms with van der Waals surface area (Å²) in [6.07, 6.45) is -0.355. The lowest BCUT2D eigenvalue weighted by Gasteiger charge is -2.26. The van der Waals surface area contributed by atoms with Crippen molar-refractivity contribution in [2.45, 2.75) is 19.4 Å². The predicted molar refractivity (Wildman–Crippen MR) is 112 cm³/mol. The van der Waals surface area contributed by atoms with Crippen molar-refractivity contribution in [1.82, 2.24) is 4.90 Å². The molecular weight excluding hydrogens is 402 g/mol. The van der Waals surface area contributed by atoms with E-state index in [1.165, 1.54) is 14.2 Å². The summed E-state index contributed by atoms with van der Waals surface area (Å²) in [5.41, 5.74) is 1.65. The summed E-state index contributed by atoms with van der Waals surface area (Å²) in [6, 6.07) is 10.7.